The Morgan fingerprint density at radius 2 is 1.04 bits per heavy atom. The number of unbranched alkanes of at least 4 members (excludes halogenated alkanes) is 26. The number of nitrogens with one attached hydrogen (secondary N) is 1. The van der Waals surface area contributed by atoms with Crippen LogP contribution in [-0.2, 0) is 18.9 Å². The van der Waals surface area contributed by atoms with Crippen LogP contribution in [0, 0.1) is 13.8 Å². The van der Waals surface area contributed by atoms with Crippen LogP contribution in [0.2, 0.25) is 0 Å². The molecule has 1 saturated heterocycles. The van der Waals surface area contributed by atoms with Gasteiger partial charge < -0.3 is 18.9 Å². The zero-order valence-electron chi connectivity index (χ0n) is 33.4. The van der Waals surface area contributed by atoms with Crippen molar-refractivity contribution < 1.29 is 18.9 Å². The summed E-state index contributed by atoms with van der Waals surface area (Å²) in [5, 5.41) is 0. The van der Waals surface area contributed by atoms with Gasteiger partial charge in [-0.15, -0.1) is 0 Å². The van der Waals surface area contributed by atoms with Crippen molar-refractivity contribution in [1.82, 2.24) is 9.55 Å². The van der Waals surface area contributed by atoms with Crippen LogP contribution >= 0.6 is 0 Å². The van der Waals surface area contributed by atoms with Crippen LogP contribution in [0.1, 0.15) is 212 Å². The molecular formula is C43H79N2O6. The van der Waals surface area contributed by atoms with Gasteiger partial charge in [-0.2, -0.15) is 0 Å². The van der Waals surface area contributed by atoms with Crippen molar-refractivity contribution in [3.63, 3.8) is 0 Å². The second-order valence-corrected chi connectivity index (χ2v) is 15.2. The van der Waals surface area contributed by atoms with Gasteiger partial charge in [-0.05, 0) is 26.7 Å². The van der Waals surface area contributed by atoms with Crippen molar-refractivity contribution in [1.29, 1.82) is 0 Å². The molecule has 0 bridgehead atoms. The number of aromatic nitrogens is 2. The number of aromatic amines is 1. The molecule has 0 unspecified atom stereocenters. The Bertz CT molecular complexity index is 1020. The fraction of sp³-hybridized carbons (Fsp3) is 0.884. The third-order valence-corrected chi connectivity index (χ3v) is 10.4. The third-order valence-electron chi connectivity index (χ3n) is 10.4. The molecule has 1 aromatic heterocycles. The summed E-state index contributed by atoms with van der Waals surface area (Å²) in [5.41, 5.74) is -0.431. The Kier molecular flexibility index (Phi) is 27.7. The molecule has 8 nitrogen and oxygen atoms in total. The number of ether oxygens (including phenoxy) is 4. The largest absolute Gasteiger partial charge is 0.352 e. The first kappa shape index (κ1) is 45.7. The predicted octanol–water partition coefficient (Wildman–Crippen LogP) is 11.6. The lowest BCUT2D eigenvalue weighted by Crippen LogP contribution is -2.33. The highest BCUT2D eigenvalue weighted by molar-refractivity contribution is 5.02. The lowest BCUT2D eigenvalue weighted by molar-refractivity contribution is -0.307. The molecule has 1 fully saturated rings. The quantitative estimate of drug-likeness (QED) is 0.0554. The minimum Gasteiger partial charge on any atom is -0.352 e. The second kappa shape index (κ2) is 30.9. The number of hydrogen-bond acceptors (Lipinski definition) is 6. The summed E-state index contributed by atoms with van der Waals surface area (Å²) in [6.07, 6.45) is 37.4. The van der Waals surface area contributed by atoms with Crippen molar-refractivity contribution in [3.8, 4) is 0 Å². The molecule has 1 aliphatic rings. The molecule has 2 heterocycles. The number of rotatable bonds is 35. The zero-order chi connectivity index (χ0) is 36.8. The molecule has 1 N–H and O–H groups in total. The van der Waals surface area contributed by atoms with E-state index in [-0.39, 0.29) is 5.56 Å². The van der Waals surface area contributed by atoms with Crippen LogP contribution in [-0.4, -0.2) is 41.4 Å². The van der Waals surface area contributed by atoms with E-state index >= 15 is 0 Å². The van der Waals surface area contributed by atoms with Gasteiger partial charge in [0, 0.05) is 18.2 Å². The van der Waals surface area contributed by atoms with E-state index in [1.807, 2.05) is 0 Å². The average Bonchev–Trinajstić information content (AvgIpc) is 3.48. The van der Waals surface area contributed by atoms with Gasteiger partial charge in [0.15, 0.2) is 0 Å². The fourth-order valence-electron chi connectivity index (χ4n) is 7.04. The second-order valence-electron chi connectivity index (χ2n) is 15.2. The van der Waals surface area contributed by atoms with Crippen molar-refractivity contribution in [2.75, 3.05) is 13.2 Å². The van der Waals surface area contributed by atoms with Crippen molar-refractivity contribution in [2.24, 2.45) is 0 Å². The van der Waals surface area contributed by atoms with Gasteiger partial charge in [0.1, 0.15) is 6.23 Å². The minimum atomic E-state index is -0.792. The monoisotopic (exact) mass is 720 g/mol. The van der Waals surface area contributed by atoms with Gasteiger partial charge in [-0.3, -0.25) is 14.3 Å². The van der Waals surface area contributed by atoms with E-state index in [0.717, 1.165) is 25.7 Å². The summed E-state index contributed by atoms with van der Waals surface area (Å²) in [5.74, 6) is 0. The molecule has 0 amide bonds. The molecule has 2 rings (SSSR count). The van der Waals surface area contributed by atoms with Crippen LogP contribution < -0.4 is 11.2 Å². The first-order chi connectivity index (χ1) is 25.0. The predicted molar refractivity (Wildman–Crippen MR) is 211 cm³/mol. The maximum atomic E-state index is 12.5. The van der Waals surface area contributed by atoms with Gasteiger partial charge in [-0.25, -0.2) is 4.79 Å². The topological polar surface area (TPSA) is 91.8 Å². The summed E-state index contributed by atoms with van der Waals surface area (Å²) >= 11 is 0. The van der Waals surface area contributed by atoms with E-state index in [1.165, 1.54) is 165 Å². The van der Waals surface area contributed by atoms with Crippen molar-refractivity contribution in [2.45, 2.75) is 232 Å². The number of H-pyrrole nitrogens is 1. The average molecular weight is 720 g/mol. The first-order valence-corrected chi connectivity index (χ1v) is 21.7. The SMILES string of the molecule is [CH2][C@H]1O[C@@H](n2cc(C)c(=O)[nH]c2=O)C[C@@H]1OC(OCCCCCCCCCCCCCCCC)OCCCCCCCCCCCCCCCC. The van der Waals surface area contributed by atoms with Gasteiger partial charge in [-0.1, -0.05) is 181 Å². The van der Waals surface area contributed by atoms with Crippen molar-refractivity contribution in [3.05, 3.63) is 39.5 Å². The number of hydrogen-bond donors (Lipinski definition) is 1. The highest BCUT2D eigenvalue weighted by Crippen LogP contribution is 2.30. The molecule has 297 valence electrons. The molecule has 3 atom stereocenters. The molecule has 1 aromatic rings. The maximum Gasteiger partial charge on any atom is 0.330 e. The van der Waals surface area contributed by atoms with Crippen LogP contribution in [0.3, 0.4) is 0 Å². The molecule has 8 heteroatoms. The highest BCUT2D eigenvalue weighted by atomic mass is 16.8. The fourth-order valence-corrected chi connectivity index (χ4v) is 7.04. The minimum absolute atomic E-state index is 0.387. The Labute approximate surface area is 312 Å². The Hall–Kier alpha value is -1.48. The van der Waals surface area contributed by atoms with E-state index in [2.05, 4.69) is 25.8 Å². The van der Waals surface area contributed by atoms with Gasteiger partial charge in [0.05, 0.1) is 25.4 Å². The highest BCUT2D eigenvalue weighted by Gasteiger charge is 2.37. The zero-order valence-corrected chi connectivity index (χ0v) is 33.4. The summed E-state index contributed by atoms with van der Waals surface area (Å²) in [6, 6.07) is 0. The molecule has 51 heavy (non-hydrogen) atoms. The van der Waals surface area contributed by atoms with E-state index < -0.39 is 30.6 Å². The van der Waals surface area contributed by atoms with Gasteiger partial charge in [0.25, 0.3) is 12.0 Å². The molecule has 1 aliphatic heterocycles. The summed E-state index contributed by atoms with van der Waals surface area (Å²) in [7, 11) is 0. The lowest BCUT2D eigenvalue weighted by atomic mass is 10.0. The normalized spacial score (nSPS) is 17.6. The Morgan fingerprint density at radius 1 is 0.667 bits per heavy atom. The lowest BCUT2D eigenvalue weighted by Gasteiger charge is -2.24. The summed E-state index contributed by atoms with van der Waals surface area (Å²) in [6.45, 7) is 10.7. The Morgan fingerprint density at radius 3 is 1.43 bits per heavy atom. The maximum absolute atomic E-state index is 12.5. The molecule has 0 aliphatic carbocycles. The molecule has 0 aromatic carbocycles. The molecule has 1 radical (unpaired) electrons. The Balaban J connectivity index is 1.65. The summed E-state index contributed by atoms with van der Waals surface area (Å²) < 4.78 is 26.0. The smallest absolute Gasteiger partial charge is 0.330 e. The van der Waals surface area contributed by atoms with Crippen LogP contribution in [0.5, 0.6) is 0 Å². The third kappa shape index (κ3) is 22.4. The van der Waals surface area contributed by atoms with Crippen LogP contribution in [0.15, 0.2) is 15.8 Å². The van der Waals surface area contributed by atoms with E-state index in [0.29, 0.717) is 25.2 Å². The van der Waals surface area contributed by atoms with Crippen molar-refractivity contribution >= 4 is 0 Å². The van der Waals surface area contributed by atoms with Gasteiger partial charge >= 0.3 is 5.69 Å². The van der Waals surface area contributed by atoms with Gasteiger partial charge in [0.2, 0.25) is 0 Å². The standard InChI is InChI=1S/C43H79N2O6/c1-5-7-9-11-13-15-17-19-21-23-25-27-29-31-33-48-43(49-34-32-30-28-26-24-22-20-18-16-14-12-10-8-6-2)51-39-35-40(50-38(39)4)45-36-37(3)41(46)44-42(45)47/h36,38-40,43H,4-35H2,1-3H3,(H,44,46,47)/t38-,39+,40-/m1/s1. The van der Waals surface area contributed by atoms with Crippen LogP contribution in [0.4, 0.5) is 0 Å². The summed E-state index contributed by atoms with van der Waals surface area (Å²) in [4.78, 5) is 26.7. The molecular weight excluding hydrogens is 640 g/mol. The number of nitrogens with zero attached hydrogens (tertiary/aromatic N) is 1. The molecule has 0 saturated carbocycles. The van der Waals surface area contributed by atoms with Crippen LogP contribution in [0.25, 0.3) is 0 Å². The first-order valence-electron chi connectivity index (χ1n) is 21.7. The molecule has 0 spiro atoms. The number of aryl methyl sites for hydroxylation is 1. The van der Waals surface area contributed by atoms with E-state index in [9.17, 15) is 9.59 Å². The van der Waals surface area contributed by atoms with E-state index in [1.54, 1.807) is 6.92 Å². The van der Waals surface area contributed by atoms with E-state index in [4.69, 9.17) is 18.9 Å².